The first-order chi connectivity index (χ1) is 17.0. The Kier molecular flexibility index (Phi) is 7.42. The van der Waals surface area contributed by atoms with Crippen LogP contribution in [0.3, 0.4) is 0 Å². The quantitative estimate of drug-likeness (QED) is 0.375. The monoisotopic (exact) mass is 540 g/mol. The van der Waals surface area contributed by atoms with Crippen LogP contribution in [-0.4, -0.2) is 18.4 Å². The molecule has 2 amide bonds. The van der Waals surface area contributed by atoms with Crippen molar-refractivity contribution in [3.63, 3.8) is 0 Å². The van der Waals surface area contributed by atoms with E-state index in [4.69, 9.17) is 27.9 Å². The first-order valence-electron chi connectivity index (χ1n) is 10.7. The number of anilines is 1. The fraction of sp³-hybridized carbons (Fsp3) is 0.200. The highest BCUT2D eigenvalue weighted by atomic mass is 35.5. The predicted molar refractivity (Wildman–Crippen MR) is 127 cm³/mol. The second-order valence-electron chi connectivity index (χ2n) is 8.13. The molecule has 0 aromatic heterocycles. The molecule has 1 aliphatic heterocycles. The summed E-state index contributed by atoms with van der Waals surface area (Å²) in [4.78, 5) is 25.2. The number of ether oxygens (including phenoxy) is 1. The Morgan fingerprint density at radius 1 is 1.03 bits per heavy atom. The van der Waals surface area contributed by atoms with Gasteiger partial charge in [0.2, 0.25) is 5.91 Å². The molecule has 4 rings (SSSR count). The minimum Gasteiger partial charge on any atom is -0.492 e. The molecule has 0 fully saturated rings. The predicted octanol–water partition coefficient (Wildman–Crippen LogP) is 6.27. The van der Waals surface area contributed by atoms with Crippen LogP contribution in [0.1, 0.15) is 27.0 Å². The second-order valence-corrected chi connectivity index (χ2v) is 8.98. The van der Waals surface area contributed by atoms with Gasteiger partial charge in [-0.2, -0.15) is 13.2 Å². The van der Waals surface area contributed by atoms with E-state index < -0.39 is 35.3 Å². The van der Waals surface area contributed by atoms with Gasteiger partial charge in [-0.05, 0) is 66.1 Å². The van der Waals surface area contributed by atoms with Crippen molar-refractivity contribution in [3.8, 4) is 5.75 Å². The van der Waals surface area contributed by atoms with Gasteiger partial charge in [0.25, 0.3) is 5.91 Å². The summed E-state index contributed by atoms with van der Waals surface area (Å²) < 4.78 is 59.2. The Bertz CT molecular complexity index is 1330. The summed E-state index contributed by atoms with van der Waals surface area (Å²) in [6.07, 6.45) is -4.37. The van der Waals surface area contributed by atoms with Gasteiger partial charge in [0, 0.05) is 22.8 Å². The summed E-state index contributed by atoms with van der Waals surface area (Å²) in [6.45, 7) is -0.288. The average Bonchev–Trinajstić information content (AvgIpc) is 2.83. The molecule has 188 valence electrons. The topological polar surface area (TPSA) is 67.4 Å². The van der Waals surface area contributed by atoms with Crippen molar-refractivity contribution in [2.75, 3.05) is 11.9 Å². The van der Waals surface area contributed by atoms with Crippen molar-refractivity contribution in [1.82, 2.24) is 5.32 Å². The lowest BCUT2D eigenvalue weighted by atomic mass is 9.95. The first-order valence-corrected chi connectivity index (χ1v) is 11.4. The van der Waals surface area contributed by atoms with E-state index in [1.807, 2.05) is 0 Å². The standard InChI is InChI=1S/C25H18Cl2F4N2O3/c26-17-3-1-14(19(10-17)25(29,30)31)11-32-23(34)16-7-15-8-18(4-6-22(15)36-12-16)33-24(35)13-2-5-20(27)21(28)9-13/h1-6,8-10,16H,7,11-12H2,(H,32,34)(H,33,35). The van der Waals surface area contributed by atoms with Gasteiger partial charge in [-0.3, -0.25) is 9.59 Å². The lowest BCUT2D eigenvalue weighted by molar-refractivity contribution is -0.138. The maximum atomic E-state index is 13.7. The van der Waals surface area contributed by atoms with Gasteiger partial charge in [0.1, 0.15) is 18.2 Å². The molecule has 0 saturated heterocycles. The lowest BCUT2D eigenvalue weighted by Crippen LogP contribution is -2.37. The Hall–Kier alpha value is -3.30. The largest absolute Gasteiger partial charge is 0.492 e. The summed E-state index contributed by atoms with van der Waals surface area (Å²) in [5.74, 6) is -1.89. The zero-order chi connectivity index (χ0) is 26.0. The maximum Gasteiger partial charge on any atom is 0.416 e. The van der Waals surface area contributed by atoms with Crippen LogP contribution in [0.25, 0.3) is 0 Å². The van der Waals surface area contributed by atoms with E-state index in [1.165, 1.54) is 24.3 Å². The molecule has 3 aromatic rings. The average molecular weight is 541 g/mol. The van der Waals surface area contributed by atoms with Gasteiger partial charge < -0.3 is 15.4 Å². The fourth-order valence-electron chi connectivity index (χ4n) is 3.77. The zero-order valence-corrected chi connectivity index (χ0v) is 19.9. The number of hydrogen-bond donors (Lipinski definition) is 2. The first kappa shape index (κ1) is 25.8. The molecule has 0 bridgehead atoms. The number of nitrogens with one attached hydrogen (secondary N) is 2. The maximum absolute atomic E-state index is 13.7. The van der Waals surface area contributed by atoms with Gasteiger partial charge in [-0.15, -0.1) is 0 Å². The van der Waals surface area contributed by atoms with Crippen molar-refractivity contribution >= 4 is 40.7 Å². The summed E-state index contributed by atoms with van der Waals surface area (Å²) in [5.41, 5.74) is 0.0739. The lowest BCUT2D eigenvalue weighted by Gasteiger charge is -2.25. The highest BCUT2D eigenvalue weighted by Crippen LogP contribution is 2.34. The molecule has 2 N–H and O–H groups in total. The third kappa shape index (κ3) is 5.91. The van der Waals surface area contributed by atoms with Crippen LogP contribution in [0.4, 0.5) is 23.2 Å². The number of amides is 2. The Balaban J connectivity index is 1.42. The van der Waals surface area contributed by atoms with Crippen molar-refractivity contribution in [2.45, 2.75) is 19.1 Å². The minimum absolute atomic E-state index is 0.0430. The molecule has 1 heterocycles. The molecule has 5 nitrogen and oxygen atoms in total. The summed E-state index contributed by atoms with van der Waals surface area (Å²) in [7, 11) is 0. The number of halogens is 6. The van der Waals surface area contributed by atoms with Crippen molar-refractivity contribution in [2.24, 2.45) is 5.92 Å². The Morgan fingerprint density at radius 2 is 1.81 bits per heavy atom. The number of hydrogen-bond acceptors (Lipinski definition) is 3. The number of rotatable bonds is 5. The summed E-state index contributed by atoms with van der Waals surface area (Å²) in [6, 6.07) is 11.9. The van der Waals surface area contributed by atoms with Gasteiger partial charge in [0.15, 0.2) is 0 Å². The van der Waals surface area contributed by atoms with Crippen LogP contribution < -0.4 is 15.4 Å². The van der Waals surface area contributed by atoms with Crippen LogP contribution in [0.5, 0.6) is 5.75 Å². The van der Waals surface area contributed by atoms with Crippen LogP contribution in [0.2, 0.25) is 10.0 Å². The van der Waals surface area contributed by atoms with Crippen LogP contribution in [-0.2, 0) is 23.9 Å². The SMILES string of the molecule is O=C(Nc1ccc2c(c1)CC(C(=O)NCc1ccc(Cl)cc1C(F)(F)F)CO2)c1ccc(Cl)c(F)c1. The van der Waals surface area contributed by atoms with E-state index in [1.54, 1.807) is 18.2 Å². The normalized spacial score (nSPS) is 15.0. The molecule has 1 unspecified atom stereocenters. The van der Waals surface area contributed by atoms with Crippen LogP contribution in [0.15, 0.2) is 54.6 Å². The number of fused-ring (bicyclic) bond motifs is 1. The number of carbonyl (C=O) groups is 2. The number of carbonyl (C=O) groups excluding carboxylic acids is 2. The van der Waals surface area contributed by atoms with Crippen LogP contribution >= 0.6 is 23.2 Å². The molecule has 3 aromatic carbocycles. The summed E-state index contributed by atoms with van der Waals surface area (Å²) >= 11 is 11.3. The molecular formula is C25H18Cl2F4N2O3. The second kappa shape index (κ2) is 10.4. The molecular weight excluding hydrogens is 523 g/mol. The van der Waals surface area contributed by atoms with E-state index in [0.29, 0.717) is 17.0 Å². The van der Waals surface area contributed by atoms with Gasteiger partial charge in [0.05, 0.1) is 16.5 Å². The molecule has 0 spiro atoms. The van der Waals surface area contributed by atoms with Gasteiger partial charge >= 0.3 is 6.18 Å². The highest BCUT2D eigenvalue weighted by molar-refractivity contribution is 6.31. The van der Waals surface area contributed by atoms with E-state index in [9.17, 15) is 27.2 Å². The van der Waals surface area contributed by atoms with Crippen molar-refractivity contribution < 1.29 is 31.9 Å². The van der Waals surface area contributed by atoms with Gasteiger partial charge in [-0.1, -0.05) is 29.3 Å². The number of alkyl halides is 3. The fourth-order valence-corrected chi connectivity index (χ4v) is 4.06. The smallest absolute Gasteiger partial charge is 0.416 e. The highest BCUT2D eigenvalue weighted by Gasteiger charge is 2.34. The summed E-state index contributed by atoms with van der Waals surface area (Å²) in [5, 5.41) is 5.02. The molecule has 0 radical (unpaired) electrons. The molecule has 1 atom stereocenters. The van der Waals surface area contributed by atoms with E-state index in [-0.39, 0.29) is 40.7 Å². The molecule has 0 saturated carbocycles. The van der Waals surface area contributed by atoms with Gasteiger partial charge in [-0.25, -0.2) is 4.39 Å². The van der Waals surface area contributed by atoms with Crippen LogP contribution in [0, 0.1) is 11.7 Å². The van der Waals surface area contributed by atoms with E-state index >= 15 is 0 Å². The Morgan fingerprint density at radius 3 is 2.53 bits per heavy atom. The van der Waals surface area contributed by atoms with E-state index in [0.717, 1.165) is 12.1 Å². The number of benzene rings is 3. The Labute approximate surface area is 213 Å². The molecule has 0 aliphatic carbocycles. The van der Waals surface area contributed by atoms with Crippen molar-refractivity contribution in [1.29, 1.82) is 0 Å². The third-order valence-electron chi connectivity index (χ3n) is 5.61. The molecule has 36 heavy (non-hydrogen) atoms. The van der Waals surface area contributed by atoms with E-state index in [2.05, 4.69) is 10.6 Å². The minimum atomic E-state index is -4.61. The third-order valence-corrected chi connectivity index (χ3v) is 6.15. The molecule has 1 aliphatic rings. The van der Waals surface area contributed by atoms with Crippen molar-refractivity contribution in [3.05, 3.63) is 92.7 Å². The zero-order valence-electron chi connectivity index (χ0n) is 18.4. The molecule has 11 heteroatoms.